The zero-order chi connectivity index (χ0) is 35.5. The standard InChI is InChI=1S/C40H52FN7O3/c1-25(2)18-29-22-48(23-37(29)49)40(50)46-35-20-30(41)19-33(26(35)3)38-34-21-36(45-39(34)44-24-43-38)28-6-4-27(5-7-28)10-15-47-16-11-32(12-17-47)51-31-8-13-42-14-9-31/h4-7,19-21,24-25,29,31-32,37,42,49H,8-18,22-23H2,1-3H3,(H,46,50)(H,43,44,45)/t29-,37-/m0/s1. The highest BCUT2D eigenvalue weighted by Crippen LogP contribution is 2.35. The Balaban J connectivity index is 0.997. The molecule has 51 heavy (non-hydrogen) atoms. The lowest BCUT2D eigenvalue weighted by Crippen LogP contribution is -2.41. The highest BCUT2D eigenvalue weighted by atomic mass is 19.1. The van der Waals surface area contributed by atoms with E-state index in [1.165, 1.54) is 24.0 Å². The molecule has 2 aromatic carbocycles. The van der Waals surface area contributed by atoms with Gasteiger partial charge >= 0.3 is 6.03 Å². The van der Waals surface area contributed by atoms with Gasteiger partial charge in [-0.15, -0.1) is 0 Å². The number of piperidine rings is 2. The first kappa shape index (κ1) is 35.5. The summed E-state index contributed by atoms with van der Waals surface area (Å²) in [5.41, 5.74) is 6.14. The lowest BCUT2D eigenvalue weighted by molar-refractivity contribution is -0.0528. The minimum absolute atomic E-state index is 0.0332. The SMILES string of the molecule is Cc1c(NC(=O)N2C[C@H](CC(C)C)[C@@H](O)C2)cc(F)cc1-c1ncnc2[nH]c(-c3ccc(CCN4CCC(OC5CCNCC5)CC4)cc3)cc12. The molecule has 4 N–H and O–H groups in total. The van der Waals surface area contributed by atoms with Crippen molar-refractivity contribution in [3.63, 3.8) is 0 Å². The molecular weight excluding hydrogens is 645 g/mol. The first-order chi connectivity index (χ1) is 24.7. The van der Waals surface area contributed by atoms with E-state index in [1.807, 2.05) is 13.0 Å². The molecule has 0 bridgehead atoms. The van der Waals surface area contributed by atoms with Crippen molar-refractivity contribution in [2.24, 2.45) is 11.8 Å². The predicted molar refractivity (Wildman–Crippen MR) is 199 cm³/mol. The number of hydrogen-bond donors (Lipinski definition) is 4. The van der Waals surface area contributed by atoms with Crippen LogP contribution in [0.3, 0.4) is 0 Å². The Kier molecular flexibility index (Phi) is 11.0. The van der Waals surface area contributed by atoms with Crippen LogP contribution >= 0.6 is 0 Å². The van der Waals surface area contributed by atoms with Crippen molar-refractivity contribution < 1.29 is 19.0 Å². The molecule has 2 atom stereocenters. The number of rotatable bonds is 10. The summed E-state index contributed by atoms with van der Waals surface area (Å²) < 4.78 is 21.5. The average Bonchev–Trinajstić information content (AvgIpc) is 3.73. The first-order valence-electron chi connectivity index (χ1n) is 18.8. The number of ether oxygens (including phenoxy) is 1. The number of urea groups is 1. The Labute approximate surface area is 300 Å². The summed E-state index contributed by atoms with van der Waals surface area (Å²) in [6.45, 7) is 12.2. The van der Waals surface area contributed by atoms with Gasteiger partial charge in [0.25, 0.3) is 0 Å². The van der Waals surface area contributed by atoms with Crippen molar-refractivity contribution in [2.75, 3.05) is 51.1 Å². The van der Waals surface area contributed by atoms with Crippen LogP contribution in [-0.4, -0.2) is 100 Å². The molecule has 3 fully saturated rings. The highest BCUT2D eigenvalue weighted by Gasteiger charge is 2.34. The summed E-state index contributed by atoms with van der Waals surface area (Å²) >= 11 is 0. The topological polar surface area (TPSA) is 119 Å². The van der Waals surface area contributed by atoms with E-state index in [0.29, 0.717) is 52.8 Å². The molecule has 0 spiro atoms. The molecule has 0 radical (unpaired) electrons. The van der Waals surface area contributed by atoms with Gasteiger partial charge in [-0.3, -0.25) is 0 Å². The Morgan fingerprint density at radius 1 is 1.04 bits per heavy atom. The van der Waals surface area contributed by atoms with Crippen molar-refractivity contribution in [3.05, 3.63) is 65.7 Å². The number of aliphatic hydroxyl groups excluding tert-OH is 1. The summed E-state index contributed by atoms with van der Waals surface area (Å²) in [6, 6.07) is 13.1. The van der Waals surface area contributed by atoms with Crippen LogP contribution in [0.2, 0.25) is 0 Å². The molecule has 4 aromatic rings. The second-order valence-electron chi connectivity index (χ2n) is 15.2. The van der Waals surface area contributed by atoms with Gasteiger partial charge in [0.05, 0.1) is 24.0 Å². The molecule has 3 aliphatic rings. The number of carbonyl (C=O) groups excluding carboxylic acids is 1. The van der Waals surface area contributed by atoms with Crippen molar-refractivity contribution in [3.8, 4) is 22.5 Å². The molecule has 272 valence electrons. The summed E-state index contributed by atoms with van der Waals surface area (Å²) in [4.78, 5) is 29.9. The summed E-state index contributed by atoms with van der Waals surface area (Å²) in [7, 11) is 0. The van der Waals surface area contributed by atoms with E-state index >= 15 is 4.39 Å². The number of amides is 2. The van der Waals surface area contributed by atoms with Crippen molar-refractivity contribution in [2.45, 2.75) is 77.6 Å². The summed E-state index contributed by atoms with van der Waals surface area (Å²) in [5.74, 6) is -0.0175. The van der Waals surface area contributed by atoms with E-state index in [-0.39, 0.29) is 18.5 Å². The third-order valence-corrected chi connectivity index (χ3v) is 11.0. The van der Waals surface area contributed by atoms with Crippen LogP contribution in [0.25, 0.3) is 33.5 Å². The Morgan fingerprint density at radius 3 is 2.53 bits per heavy atom. The molecule has 10 nitrogen and oxygen atoms in total. The van der Waals surface area contributed by atoms with E-state index in [4.69, 9.17) is 4.74 Å². The van der Waals surface area contributed by atoms with Gasteiger partial charge in [0, 0.05) is 61.0 Å². The van der Waals surface area contributed by atoms with Gasteiger partial charge in [-0.1, -0.05) is 38.1 Å². The zero-order valence-electron chi connectivity index (χ0n) is 30.1. The number of nitrogens with one attached hydrogen (secondary N) is 3. The summed E-state index contributed by atoms with van der Waals surface area (Å²) in [5, 5.41) is 17.6. The normalized spacial score (nSPS) is 20.9. The zero-order valence-corrected chi connectivity index (χ0v) is 30.1. The van der Waals surface area contributed by atoms with Crippen LogP contribution in [0.15, 0.2) is 48.8 Å². The molecule has 11 heteroatoms. The minimum atomic E-state index is -0.562. The molecule has 3 saturated heterocycles. The number of aromatic amines is 1. The second-order valence-corrected chi connectivity index (χ2v) is 15.2. The fraction of sp³-hybridized carbons (Fsp3) is 0.525. The maximum absolute atomic E-state index is 15.1. The fourth-order valence-electron chi connectivity index (χ4n) is 8.03. The molecule has 2 aromatic heterocycles. The Bertz CT molecular complexity index is 1800. The maximum atomic E-state index is 15.1. The third-order valence-electron chi connectivity index (χ3n) is 11.0. The number of aromatic nitrogens is 3. The van der Waals surface area contributed by atoms with Gasteiger partial charge in [0.15, 0.2) is 0 Å². The van der Waals surface area contributed by atoms with Crippen molar-refractivity contribution >= 4 is 22.8 Å². The lowest BCUT2D eigenvalue weighted by Gasteiger charge is -2.35. The number of hydrogen-bond acceptors (Lipinski definition) is 7. The number of anilines is 1. The molecular formula is C40H52FN7O3. The smallest absolute Gasteiger partial charge is 0.321 e. The first-order valence-corrected chi connectivity index (χ1v) is 18.8. The number of nitrogens with zero attached hydrogens (tertiary/aromatic N) is 4. The van der Waals surface area contributed by atoms with E-state index in [1.54, 1.807) is 4.90 Å². The van der Waals surface area contributed by atoms with Gasteiger partial charge in [0.1, 0.15) is 17.8 Å². The van der Waals surface area contributed by atoms with Crippen LogP contribution in [0.1, 0.15) is 57.1 Å². The number of halogens is 1. The number of carbonyl (C=O) groups is 1. The highest BCUT2D eigenvalue weighted by molar-refractivity contribution is 5.97. The van der Waals surface area contributed by atoms with Crippen LogP contribution in [0.4, 0.5) is 14.9 Å². The van der Waals surface area contributed by atoms with Gasteiger partial charge in [0.2, 0.25) is 0 Å². The number of H-pyrrole nitrogens is 1. The van der Waals surface area contributed by atoms with E-state index in [2.05, 4.69) is 68.6 Å². The number of aliphatic hydroxyl groups is 1. The van der Waals surface area contributed by atoms with Gasteiger partial charge in [-0.25, -0.2) is 19.2 Å². The molecule has 0 saturated carbocycles. The predicted octanol–water partition coefficient (Wildman–Crippen LogP) is 6.39. The van der Waals surface area contributed by atoms with Crippen LogP contribution in [0.5, 0.6) is 0 Å². The molecule has 7 rings (SSSR count). The van der Waals surface area contributed by atoms with E-state index < -0.39 is 11.9 Å². The molecule has 0 unspecified atom stereocenters. The number of β-amino-alcohol motifs (C(OH)–C–C–N with tert-alkyl or cyclic N) is 1. The number of likely N-dealkylation sites (tertiary alicyclic amines) is 2. The van der Waals surface area contributed by atoms with E-state index in [9.17, 15) is 9.90 Å². The third kappa shape index (κ3) is 8.43. The van der Waals surface area contributed by atoms with Crippen molar-refractivity contribution in [1.29, 1.82) is 0 Å². The van der Waals surface area contributed by atoms with Crippen LogP contribution in [-0.2, 0) is 11.2 Å². The van der Waals surface area contributed by atoms with Crippen LogP contribution < -0.4 is 10.6 Å². The Hall–Kier alpha value is -3.90. The van der Waals surface area contributed by atoms with Gasteiger partial charge in [-0.2, -0.15) is 0 Å². The number of benzene rings is 2. The van der Waals surface area contributed by atoms with E-state index in [0.717, 1.165) is 87.9 Å². The number of fused-ring (bicyclic) bond motifs is 1. The molecule has 3 aliphatic heterocycles. The quantitative estimate of drug-likeness (QED) is 0.152. The minimum Gasteiger partial charge on any atom is -0.391 e. The van der Waals surface area contributed by atoms with Crippen molar-refractivity contribution in [1.82, 2.24) is 30.1 Å². The molecule has 0 aliphatic carbocycles. The van der Waals surface area contributed by atoms with Crippen LogP contribution in [0, 0.1) is 24.6 Å². The lowest BCUT2D eigenvalue weighted by atomic mass is 9.95. The largest absolute Gasteiger partial charge is 0.391 e. The molecule has 5 heterocycles. The monoisotopic (exact) mass is 697 g/mol. The molecule has 2 amide bonds. The second kappa shape index (κ2) is 15.8. The van der Waals surface area contributed by atoms with Gasteiger partial charge in [-0.05, 0) is 99.3 Å². The summed E-state index contributed by atoms with van der Waals surface area (Å²) in [6.07, 6.45) is 8.06. The fourth-order valence-corrected chi connectivity index (χ4v) is 8.03. The average molecular weight is 698 g/mol. The maximum Gasteiger partial charge on any atom is 0.321 e. The Morgan fingerprint density at radius 2 is 1.78 bits per heavy atom. The van der Waals surface area contributed by atoms with Gasteiger partial charge < -0.3 is 35.3 Å².